The van der Waals surface area contributed by atoms with Crippen molar-refractivity contribution in [2.45, 2.75) is 17.7 Å². The predicted octanol–water partition coefficient (Wildman–Crippen LogP) is 6.80. The van der Waals surface area contributed by atoms with E-state index in [1.807, 2.05) is 73.3 Å². The summed E-state index contributed by atoms with van der Waals surface area (Å²) in [6, 6.07) is 30.3. The van der Waals surface area contributed by atoms with E-state index in [0.29, 0.717) is 5.56 Å². The molecule has 0 unspecified atom stereocenters. The van der Waals surface area contributed by atoms with Gasteiger partial charge in [0.2, 0.25) is 0 Å². The zero-order valence-corrected chi connectivity index (χ0v) is 22.8. The summed E-state index contributed by atoms with van der Waals surface area (Å²) >= 11 is 3.55. The number of aromatic nitrogens is 1. The van der Waals surface area contributed by atoms with Gasteiger partial charge in [-0.1, -0.05) is 82.2 Å². The van der Waals surface area contributed by atoms with Gasteiger partial charge in [-0.05, 0) is 60.5 Å². The lowest BCUT2D eigenvalue weighted by molar-refractivity contribution is -0.118. The smallest absolute Gasteiger partial charge is 0.270 e. The molecule has 0 bridgehead atoms. The number of para-hydroxylation sites is 1. The van der Waals surface area contributed by atoms with Crippen LogP contribution in [0, 0.1) is 6.92 Å². The van der Waals surface area contributed by atoms with Gasteiger partial charge in [-0.25, -0.2) is 12.7 Å². The normalized spacial score (nSPS) is 12.4. The van der Waals surface area contributed by atoms with E-state index in [1.54, 1.807) is 54.6 Å². The number of nitrogens with zero attached hydrogens (tertiary/aromatic N) is 2. The van der Waals surface area contributed by atoms with Crippen LogP contribution in [0.15, 0.2) is 119 Å². The Bertz CT molecular complexity index is 1680. The molecule has 4 aromatic carbocycles. The van der Waals surface area contributed by atoms with Gasteiger partial charge >= 0.3 is 0 Å². The standard InChI is InChI=1S/C30H25BrN2O3S/c1-21-13-16-25(17-14-21)37(35,36)33(24-11-7-4-8-12-24)30(34)29(22-9-5-3-6-10-22)27-20-32(2)28-18-15-23(31)19-26(27)28/h3-20,29H,1-2H3/t29-/m1/s1. The van der Waals surface area contributed by atoms with Gasteiger partial charge in [0.15, 0.2) is 0 Å². The highest BCUT2D eigenvalue weighted by Gasteiger charge is 2.38. The third kappa shape index (κ3) is 4.72. The number of carbonyl (C=O) groups is 1. The summed E-state index contributed by atoms with van der Waals surface area (Å²) in [5, 5.41) is 0.875. The first-order valence-corrected chi connectivity index (χ1v) is 14.0. The van der Waals surface area contributed by atoms with Crippen LogP contribution in [0.2, 0.25) is 0 Å². The van der Waals surface area contributed by atoms with Crippen LogP contribution in [0.1, 0.15) is 22.6 Å². The minimum atomic E-state index is -4.22. The van der Waals surface area contributed by atoms with Crippen molar-refractivity contribution < 1.29 is 13.2 Å². The molecule has 1 heterocycles. The minimum absolute atomic E-state index is 0.0581. The van der Waals surface area contributed by atoms with E-state index in [2.05, 4.69) is 15.9 Å². The van der Waals surface area contributed by atoms with E-state index in [9.17, 15) is 13.2 Å². The highest BCUT2D eigenvalue weighted by Crippen LogP contribution is 2.37. The zero-order valence-electron chi connectivity index (χ0n) is 20.4. The Morgan fingerprint density at radius 1 is 0.865 bits per heavy atom. The quantitative estimate of drug-likeness (QED) is 0.225. The maximum absolute atomic E-state index is 14.6. The van der Waals surface area contributed by atoms with Crippen LogP contribution in [0.5, 0.6) is 0 Å². The van der Waals surface area contributed by atoms with Crippen LogP contribution in [0.4, 0.5) is 5.69 Å². The Morgan fingerprint density at radius 3 is 2.14 bits per heavy atom. The predicted molar refractivity (Wildman–Crippen MR) is 151 cm³/mol. The van der Waals surface area contributed by atoms with Gasteiger partial charge in [-0.3, -0.25) is 4.79 Å². The molecule has 5 aromatic rings. The maximum Gasteiger partial charge on any atom is 0.270 e. The molecular formula is C30H25BrN2O3S. The SMILES string of the molecule is Cc1ccc(S(=O)(=O)N(C(=O)[C@H](c2ccccc2)c2cn(C)c3ccc(Br)cc23)c2ccccc2)cc1. The maximum atomic E-state index is 14.6. The molecule has 7 heteroatoms. The Labute approximate surface area is 225 Å². The number of aryl methyl sites for hydroxylation is 2. The number of carbonyl (C=O) groups excluding carboxylic acids is 1. The fourth-order valence-electron chi connectivity index (χ4n) is 4.61. The molecule has 5 nitrogen and oxygen atoms in total. The summed E-state index contributed by atoms with van der Waals surface area (Å²) in [5.41, 5.74) is 3.60. The molecule has 0 aliphatic carbocycles. The first-order chi connectivity index (χ1) is 17.8. The van der Waals surface area contributed by atoms with E-state index in [-0.39, 0.29) is 10.6 Å². The highest BCUT2D eigenvalue weighted by atomic mass is 79.9. The molecule has 0 N–H and O–H groups in total. The topological polar surface area (TPSA) is 59.4 Å². The molecule has 1 atom stereocenters. The second-order valence-corrected chi connectivity index (χ2v) is 11.7. The van der Waals surface area contributed by atoms with Gasteiger partial charge in [-0.15, -0.1) is 0 Å². The monoisotopic (exact) mass is 572 g/mol. The third-order valence-electron chi connectivity index (χ3n) is 6.42. The summed E-state index contributed by atoms with van der Waals surface area (Å²) in [7, 11) is -2.30. The molecule has 1 aromatic heterocycles. The lowest BCUT2D eigenvalue weighted by atomic mass is 9.90. The van der Waals surface area contributed by atoms with Crippen molar-refractivity contribution >= 4 is 48.5 Å². The first-order valence-electron chi connectivity index (χ1n) is 11.8. The zero-order chi connectivity index (χ0) is 26.2. The fraction of sp³-hybridized carbons (Fsp3) is 0.100. The van der Waals surface area contributed by atoms with Crippen molar-refractivity contribution in [3.8, 4) is 0 Å². The molecule has 0 spiro atoms. The number of sulfonamides is 1. The summed E-state index contributed by atoms with van der Waals surface area (Å²) in [5.74, 6) is -1.41. The van der Waals surface area contributed by atoms with Crippen LogP contribution >= 0.6 is 15.9 Å². The Hall–Kier alpha value is -3.68. The van der Waals surface area contributed by atoms with E-state index in [1.165, 1.54) is 0 Å². The Kier molecular flexibility index (Phi) is 6.75. The van der Waals surface area contributed by atoms with Crippen LogP contribution in [-0.2, 0) is 21.9 Å². The largest absolute Gasteiger partial charge is 0.350 e. The van der Waals surface area contributed by atoms with Crippen LogP contribution < -0.4 is 4.31 Å². The average molecular weight is 574 g/mol. The van der Waals surface area contributed by atoms with Gasteiger partial charge in [0, 0.05) is 28.6 Å². The third-order valence-corrected chi connectivity index (χ3v) is 8.66. The average Bonchev–Trinajstić information content (AvgIpc) is 3.20. The number of amides is 1. The van der Waals surface area contributed by atoms with E-state index >= 15 is 0 Å². The van der Waals surface area contributed by atoms with Crippen LogP contribution in [0.25, 0.3) is 10.9 Å². The van der Waals surface area contributed by atoms with Crippen molar-refractivity contribution in [2.75, 3.05) is 4.31 Å². The Morgan fingerprint density at radius 2 is 1.49 bits per heavy atom. The molecule has 0 radical (unpaired) electrons. The minimum Gasteiger partial charge on any atom is -0.350 e. The molecule has 0 aliphatic heterocycles. The Balaban J connectivity index is 1.76. The number of hydrogen-bond donors (Lipinski definition) is 0. The molecule has 0 fully saturated rings. The van der Waals surface area contributed by atoms with E-state index in [4.69, 9.17) is 0 Å². The van der Waals surface area contributed by atoms with Crippen molar-refractivity contribution in [3.63, 3.8) is 0 Å². The van der Waals surface area contributed by atoms with E-state index < -0.39 is 21.8 Å². The van der Waals surface area contributed by atoms with Gasteiger partial charge < -0.3 is 4.57 Å². The summed E-state index contributed by atoms with van der Waals surface area (Å²) in [4.78, 5) is 14.7. The van der Waals surface area contributed by atoms with Gasteiger partial charge in [0.25, 0.3) is 15.9 Å². The van der Waals surface area contributed by atoms with Crippen molar-refractivity contribution in [2.24, 2.45) is 7.05 Å². The number of anilines is 1. The van der Waals surface area contributed by atoms with Crippen molar-refractivity contribution in [1.29, 1.82) is 0 Å². The first kappa shape index (κ1) is 25.0. The molecule has 0 saturated carbocycles. The van der Waals surface area contributed by atoms with Gasteiger partial charge in [0.05, 0.1) is 16.5 Å². The summed E-state index contributed by atoms with van der Waals surface area (Å²) in [6.07, 6.45) is 1.91. The number of rotatable bonds is 6. The molecule has 0 aliphatic rings. The lowest BCUT2D eigenvalue weighted by Gasteiger charge is -2.27. The van der Waals surface area contributed by atoms with Gasteiger partial charge in [0.1, 0.15) is 0 Å². The lowest BCUT2D eigenvalue weighted by Crippen LogP contribution is -2.40. The van der Waals surface area contributed by atoms with Crippen LogP contribution in [-0.4, -0.2) is 18.9 Å². The molecular weight excluding hydrogens is 548 g/mol. The number of hydrogen-bond acceptors (Lipinski definition) is 3. The molecule has 186 valence electrons. The molecule has 1 amide bonds. The van der Waals surface area contributed by atoms with Crippen LogP contribution in [0.3, 0.4) is 0 Å². The fourth-order valence-corrected chi connectivity index (χ4v) is 6.40. The van der Waals surface area contributed by atoms with Crippen molar-refractivity contribution in [3.05, 3.63) is 130 Å². The van der Waals surface area contributed by atoms with E-state index in [0.717, 1.165) is 30.8 Å². The molecule has 37 heavy (non-hydrogen) atoms. The highest BCUT2D eigenvalue weighted by molar-refractivity contribution is 9.10. The second kappa shape index (κ2) is 10.00. The van der Waals surface area contributed by atoms with Gasteiger partial charge in [-0.2, -0.15) is 0 Å². The summed E-state index contributed by atoms with van der Waals surface area (Å²) in [6.45, 7) is 1.89. The number of halogens is 1. The van der Waals surface area contributed by atoms with Crippen molar-refractivity contribution in [1.82, 2.24) is 4.57 Å². The number of fused-ring (bicyclic) bond motifs is 1. The number of benzene rings is 4. The second-order valence-electron chi connectivity index (χ2n) is 8.96. The molecule has 5 rings (SSSR count). The molecule has 0 saturated heterocycles. The summed E-state index contributed by atoms with van der Waals surface area (Å²) < 4.78 is 31.9.